The molecule has 1 atom stereocenters. The molecular weight excluding hydrogens is 230 g/mol. The van der Waals surface area contributed by atoms with Crippen molar-refractivity contribution >= 4 is 22.7 Å². The average Bonchev–Trinajstić information content (AvgIpc) is 2.72. The number of nitrogens with one attached hydrogen (secondary N) is 1. The fourth-order valence-corrected chi connectivity index (χ4v) is 2.45. The Kier molecular flexibility index (Phi) is 3.33. The largest absolute Gasteiger partial charge is 0.397 e. The van der Waals surface area contributed by atoms with Crippen molar-refractivity contribution in [3.8, 4) is 0 Å². The van der Waals surface area contributed by atoms with Gasteiger partial charge in [0.1, 0.15) is 5.01 Å². The van der Waals surface area contributed by atoms with Gasteiger partial charge in [0.25, 0.3) is 0 Å². The number of hydrogen-bond donors (Lipinski definition) is 2. The minimum absolute atomic E-state index is 0.179. The highest BCUT2D eigenvalue weighted by Crippen LogP contribution is 2.28. The summed E-state index contributed by atoms with van der Waals surface area (Å²) in [7, 11) is 0. The number of aromatic nitrogens is 1. The minimum Gasteiger partial charge on any atom is -0.397 e. The van der Waals surface area contributed by atoms with Crippen LogP contribution in [0, 0.1) is 13.8 Å². The predicted molar refractivity (Wildman–Crippen MR) is 74.5 cm³/mol. The molecule has 0 spiro atoms. The number of nitrogen functional groups attached to an aromatic ring is 1. The highest BCUT2D eigenvalue weighted by molar-refractivity contribution is 7.11. The molecule has 3 N–H and O–H groups in total. The zero-order valence-corrected chi connectivity index (χ0v) is 11.1. The summed E-state index contributed by atoms with van der Waals surface area (Å²) in [6, 6.07) is 6.20. The molecule has 0 aliphatic rings. The molecule has 1 unspecified atom stereocenters. The Morgan fingerprint density at radius 1 is 1.35 bits per heavy atom. The van der Waals surface area contributed by atoms with E-state index >= 15 is 0 Å². The predicted octanol–water partition coefficient (Wildman–Crippen LogP) is 3.52. The zero-order chi connectivity index (χ0) is 12.4. The molecule has 0 aliphatic carbocycles. The molecule has 0 aliphatic heterocycles. The second kappa shape index (κ2) is 4.75. The van der Waals surface area contributed by atoms with Crippen molar-refractivity contribution in [2.45, 2.75) is 26.8 Å². The summed E-state index contributed by atoms with van der Waals surface area (Å²) in [6.07, 6.45) is 1.90. The van der Waals surface area contributed by atoms with E-state index in [0.717, 1.165) is 21.9 Å². The first-order chi connectivity index (χ1) is 8.08. The van der Waals surface area contributed by atoms with Crippen molar-refractivity contribution < 1.29 is 0 Å². The topological polar surface area (TPSA) is 50.9 Å². The van der Waals surface area contributed by atoms with E-state index in [0.29, 0.717) is 0 Å². The summed E-state index contributed by atoms with van der Waals surface area (Å²) >= 11 is 1.71. The summed E-state index contributed by atoms with van der Waals surface area (Å²) in [4.78, 5) is 5.61. The lowest BCUT2D eigenvalue weighted by Crippen LogP contribution is -2.08. The van der Waals surface area contributed by atoms with Crippen molar-refractivity contribution in [3.63, 3.8) is 0 Å². The molecule has 2 rings (SSSR count). The molecule has 3 nitrogen and oxygen atoms in total. The van der Waals surface area contributed by atoms with Gasteiger partial charge in [0.05, 0.1) is 17.4 Å². The highest BCUT2D eigenvalue weighted by atomic mass is 32.1. The zero-order valence-electron chi connectivity index (χ0n) is 10.3. The van der Waals surface area contributed by atoms with Crippen LogP contribution in [0.4, 0.5) is 11.4 Å². The van der Waals surface area contributed by atoms with Crippen LogP contribution in [-0.4, -0.2) is 4.98 Å². The molecule has 1 aromatic heterocycles. The van der Waals surface area contributed by atoms with Gasteiger partial charge in [-0.2, -0.15) is 0 Å². The Morgan fingerprint density at radius 2 is 2.12 bits per heavy atom. The van der Waals surface area contributed by atoms with Gasteiger partial charge in [-0.25, -0.2) is 4.98 Å². The van der Waals surface area contributed by atoms with Gasteiger partial charge in [0, 0.05) is 11.1 Å². The summed E-state index contributed by atoms with van der Waals surface area (Å²) in [5.74, 6) is 0. The van der Waals surface area contributed by atoms with Crippen molar-refractivity contribution in [1.29, 1.82) is 0 Å². The second-order valence-corrected chi connectivity index (χ2v) is 5.48. The molecule has 1 heterocycles. The fourth-order valence-electron chi connectivity index (χ4n) is 1.67. The molecule has 17 heavy (non-hydrogen) atoms. The molecule has 0 bridgehead atoms. The minimum atomic E-state index is 0.179. The lowest BCUT2D eigenvalue weighted by atomic mass is 10.1. The number of para-hydroxylation sites is 1. The van der Waals surface area contributed by atoms with Gasteiger partial charge in [-0.05, 0) is 32.4 Å². The quantitative estimate of drug-likeness (QED) is 0.816. The third-order valence-electron chi connectivity index (χ3n) is 2.71. The number of hydrogen-bond acceptors (Lipinski definition) is 4. The Morgan fingerprint density at radius 3 is 2.76 bits per heavy atom. The Bertz CT molecular complexity index is 519. The van der Waals surface area contributed by atoms with E-state index in [1.165, 1.54) is 4.88 Å². The Labute approximate surface area is 106 Å². The third-order valence-corrected chi connectivity index (χ3v) is 3.80. The van der Waals surface area contributed by atoms with Crippen molar-refractivity contribution in [2.24, 2.45) is 0 Å². The smallest absolute Gasteiger partial charge is 0.115 e. The first-order valence-electron chi connectivity index (χ1n) is 5.62. The van der Waals surface area contributed by atoms with Gasteiger partial charge in [-0.15, -0.1) is 11.3 Å². The Hall–Kier alpha value is -1.55. The number of aryl methyl sites for hydroxylation is 2. The van der Waals surface area contributed by atoms with Gasteiger partial charge in [-0.1, -0.05) is 12.1 Å². The van der Waals surface area contributed by atoms with Crippen molar-refractivity contribution in [3.05, 3.63) is 39.8 Å². The van der Waals surface area contributed by atoms with Gasteiger partial charge in [0.2, 0.25) is 0 Å². The molecule has 90 valence electrons. The van der Waals surface area contributed by atoms with Crippen LogP contribution in [-0.2, 0) is 0 Å². The first kappa shape index (κ1) is 11.9. The fraction of sp³-hybridized carbons (Fsp3) is 0.308. The standard InChI is InChI=1S/C13H17N3S/c1-8-5-4-6-11(12(8)14)16-10(3)13-15-7-9(2)17-13/h4-7,10,16H,14H2,1-3H3. The number of thiazole rings is 1. The molecule has 0 saturated heterocycles. The van der Waals surface area contributed by atoms with Crippen LogP contribution >= 0.6 is 11.3 Å². The SMILES string of the molecule is Cc1cnc(C(C)Nc2cccc(C)c2N)s1. The van der Waals surface area contributed by atoms with Crippen LogP contribution in [0.15, 0.2) is 24.4 Å². The number of nitrogens with zero attached hydrogens (tertiary/aromatic N) is 1. The van der Waals surface area contributed by atoms with Crippen LogP contribution in [0.25, 0.3) is 0 Å². The van der Waals surface area contributed by atoms with Crippen LogP contribution in [0.2, 0.25) is 0 Å². The molecular formula is C13H17N3S. The lowest BCUT2D eigenvalue weighted by molar-refractivity contribution is 0.870. The molecule has 1 aromatic carbocycles. The molecule has 4 heteroatoms. The van der Waals surface area contributed by atoms with Crippen LogP contribution in [0.5, 0.6) is 0 Å². The molecule has 0 saturated carbocycles. The normalized spacial score (nSPS) is 12.4. The van der Waals surface area contributed by atoms with E-state index < -0.39 is 0 Å². The van der Waals surface area contributed by atoms with E-state index in [1.54, 1.807) is 11.3 Å². The van der Waals surface area contributed by atoms with E-state index in [9.17, 15) is 0 Å². The monoisotopic (exact) mass is 247 g/mol. The van der Waals surface area contributed by atoms with Crippen molar-refractivity contribution in [1.82, 2.24) is 4.98 Å². The molecule has 0 radical (unpaired) electrons. The van der Waals surface area contributed by atoms with Gasteiger partial charge < -0.3 is 11.1 Å². The number of anilines is 2. The summed E-state index contributed by atoms with van der Waals surface area (Å²) in [5.41, 5.74) is 8.92. The molecule has 0 fully saturated rings. The van der Waals surface area contributed by atoms with Gasteiger partial charge in [-0.3, -0.25) is 0 Å². The number of nitrogens with two attached hydrogens (primary N) is 1. The van der Waals surface area contributed by atoms with Crippen LogP contribution < -0.4 is 11.1 Å². The van der Waals surface area contributed by atoms with Crippen LogP contribution in [0.1, 0.15) is 28.4 Å². The highest BCUT2D eigenvalue weighted by Gasteiger charge is 2.11. The van der Waals surface area contributed by atoms with E-state index in [1.807, 2.05) is 31.3 Å². The molecule has 2 aromatic rings. The Balaban J connectivity index is 2.18. The van der Waals surface area contributed by atoms with Gasteiger partial charge >= 0.3 is 0 Å². The summed E-state index contributed by atoms with van der Waals surface area (Å²) in [5, 5.41) is 4.49. The van der Waals surface area contributed by atoms with E-state index in [4.69, 9.17) is 5.73 Å². The lowest BCUT2D eigenvalue weighted by Gasteiger charge is -2.15. The van der Waals surface area contributed by atoms with E-state index in [2.05, 4.69) is 24.1 Å². The van der Waals surface area contributed by atoms with Crippen LogP contribution in [0.3, 0.4) is 0 Å². The maximum Gasteiger partial charge on any atom is 0.115 e. The summed E-state index contributed by atoms with van der Waals surface area (Å²) < 4.78 is 0. The molecule has 0 amide bonds. The van der Waals surface area contributed by atoms with E-state index in [-0.39, 0.29) is 6.04 Å². The third kappa shape index (κ3) is 2.58. The number of benzene rings is 1. The second-order valence-electron chi connectivity index (χ2n) is 4.21. The number of rotatable bonds is 3. The first-order valence-corrected chi connectivity index (χ1v) is 6.43. The average molecular weight is 247 g/mol. The van der Waals surface area contributed by atoms with Crippen molar-refractivity contribution in [2.75, 3.05) is 11.1 Å². The van der Waals surface area contributed by atoms with Gasteiger partial charge in [0.15, 0.2) is 0 Å². The maximum absolute atomic E-state index is 6.03. The maximum atomic E-state index is 6.03. The summed E-state index contributed by atoms with van der Waals surface area (Å²) in [6.45, 7) is 6.17.